The quantitative estimate of drug-likeness (QED) is 0.820. The standard InChI is InChI=1S/C17H25F3N2/c1-14(2)11-15-3-5-16(6-4-15)12-21-7-9-22(10-8-21)13-17(18,19)20/h3-6,14H,7-13H2,1-2H3. The van der Waals surface area contributed by atoms with Gasteiger partial charge in [-0.2, -0.15) is 13.2 Å². The topological polar surface area (TPSA) is 6.48 Å². The van der Waals surface area contributed by atoms with Crippen LogP contribution in [-0.4, -0.2) is 48.7 Å². The Bertz CT molecular complexity index is 446. The Morgan fingerprint density at radius 2 is 1.41 bits per heavy atom. The normalized spacial score (nSPS) is 18.1. The summed E-state index contributed by atoms with van der Waals surface area (Å²) in [5, 5.41) is 0. The molecule has 0 aliphatic carbocycles. The fourth-order valence-corrected chi connectivity index (χ4v) is 2.87. The second kappa shape index (κ2) is 7.47. The average Bonchev–Trinajstić information content (AvgIpc) is 2.41. The monoisotopic (exact) mass is 314 g/mol. The van der Waals surface area contributed by atoms with E-state index in [1.54, 1.807) is 0 Å². The maximum absolute atomic E-state index is 12.4. The van der Waals surface area contributed by atoms with Crippen LogP contribution in [0.15, 0.2) is 24.3 Å². The van der Waals surface area contributed by atoms with Crippen molar-refractivity contribution in [1.29, 1.82) is 0 Å². The van der Waals surface area contributed by atoms with Gasteiger partial charge in [0, 0.05) is 32.7 Å². The van der Waals surface area contributed by atoms with Crippen molar-refractivity contribution in [1.82, 2.24) is 9.80 Å². The van der Waals surface area contributed by atoms with Crippen LogP contribution in [0.1, 0.15) is 25.0 Å². The molecule has 124 valence electrons. The molecule has 1 saturated heterocycles. The van der Waals surface area contributed by atoms with Gasteiger partial charge >= 0.3 is 6.18 Å². The molecule has 5 heteroatoms. The summed E-state index contributed by atoms with van der Waals surface area (Å²) in [5.41, 5.74) is 2.57. The van der Waals surface area contributed by atoms with Gasteiger partial charge < -0.3 is 0 Å². The van der Waals surface area contributed by atoms with Crippen LogP contribution in [-0.2, 0) is 13.0 Å². The van der Waals surface area contributed by atoms with Gasteiger partial charge in [0.2, 0.25) is 0 Å². The fraction of sp³-hybridized carbons (Fsp3) is 0.647. The maximum atomic E-state index is 12.4. The van der Waals surface area contributed by atoms with E-state index in [0.29, 0.717) is 32.1 Å². The van der Waals surface area contributed by atoms with Gasteiger partial charge in [-0.15, -0.1) is 0 Å². The van der Waals surface area contributed by atoms with Gasteiger partial charge in [-0.3, -0.25) is 9.80 Å². The van der Waals surface area contributed by atoms with Crippen molar-refractivity contribution in [3.05, 3.63) is 35.4 Å². The number of alkyl halides is 3. The number of hydrogen-bond donors (Lipinski definition) is 0. The minimum Gasteiger partial charge on any atom is -0.297 e. The van der Waals surface area contributed by atoms with E-state index in [4.69, 9.17) is 0 Å². The molecule has 0 N–H and O–H groups in total. The number of nitrogens with zero attached hydrogens (tertiary/aromatic N) is 2. The van der Waals surface area contributed by atoms with Crippen LogP contribution in [0.5, 0.6) is 0 Å². The molecule has 0 amide bonds. The van der Waals surface area contributed by atoms with E-state index >= 15 is 0 Å². The van der Waals surface area contributed by atoms with Crippen molar-refractivity contribution in [3.63, 3.8) is 0 Å². The van der Waals surface area contributed by atoms with Gasteiger partial charge in [-0.25, -0.2) is 0 Å². The first-order valence-electron chi connectivity index (χ1n) is 7.91. The summed E-state index contributed by atoms with van der Waals surface area (Å²) in [6, 6.07) is 8.60. The van der Waals surface area contributed by atoms with E-state index in [0.717, 1.165) is 13.0 Å². The van der Waals surface area contributed by atoms with E-state index in [2.05, 4.69) is 43.0 Å². The second-order valence-electron chi connectivity index (χ2n) is 6.58. The molecule has 1 aliphatic rings. The number of hydrogen-bond acceptors (Lipinski definition) is 2. The van der Waals surface area contributed by atoms with Crippen LogP contribution in [0.2, 0.25) is 0 Å². The Hall–Kier alpha value is -1.07. The van der Waals surface area contributed by atoms with Crippen molar-refractivity contribution in [2.75, 3.05) is 32.7 Å². The van der Waals surface area contributed by atoms with Crippen molar-refractivity contribution >= 4 is 0 Å². The highest BCUT2D eigenvalue weighted by Crippen LogP contribution is 2.18. The predicted octanol–water partition coefficient (Wildman–Crippen LogP) is 3.57. The lowest BCUT2D eigenvalue weighted by Gasteiger charge is -2.35. The minimum atomic E-state index is -4.09. The molecule has 0 unspecified atom stereocenters. The lowest BCUT2D eigenvalue weighted by Crippen LogP contribution is -2.48. The van der Waals surface area contributed by atoms with Gasteiger partial charge in [0.05, 0.1) is 6.54 Å². The summed E-state index contributed by atoms with van der Waals surface area (Å²) in [6.07, 6.45) is -3.01. The lowest BCUT2D eigenvalue weighted by atomic mass is 10.0. The molecule has 2 nitrogen and oxygen atoms in total. The smallest absolute Gasteiger partial charge is 0.297 e. The van der Waals surface area contributed by atoms with E-state index in [9.17, 15) is 13.2 Å². The molecular weight excluding hydrogens is 289 g/mol. The van der Waals surface area contributed by atoms with Crippen LogP contribution in [0.25, 0.3) is 0 Å². The van der Waals surface area contributed by atoms with Gasteiger partial charge in [0.15, 0.2) is 0 Å². The highest BCUT2D eigenvalue weighted by atomic mass is 19.4. The SMILES string of the molecule is CC(C)Cc1ccc(CN2CCN(CC(F)(F)F)CC2)cc1. The predicted molar refractivity (Wildman–Crippen MR) is 82.8 cm³/mol. The first-order chi connectivity index (χ1) is 10.3. The summed E-state index contributed by atoms with van der Waals surface area (Å²) >= 11 is 0. The van der Waals surface area contributed by atoms with E-state index in [-0.39, 0.29) is 0 Å². The summed E-state index contributed by atoms with van der Waals surface area (Å²) in [4.78, 5) is 3.71. The first-order valence-corrected chi connectivity index (χ1v) is 7.91. The Morgan fingerprint density at radius 1 is 0.909 bits per heavy atom. The number of benzene rings is 1. The number of piperazine rings is 1. The molecule has 1 aliphatic heterocycles. The summed E-state index contributed by atoms with van der Waals surface area (Å²) in [7, 11) is 0. The van der Waals surface area contributed by atoms with Gasteiger partial charge in [0.25, 0.3) is 0 Å². The zero-order chi connectivity index (χ0) is 16.2. The van der Waals surface area contributed by atoms with E-state index < -0.39 is 12.7 Å². The fourth-order valence-electron chi connectivity index (χ4n) is 2.87. The number of halogens is 3. The molecule has 0 radical (unpaired) electrons. The largest absolute Gasteiger partial charge is 0.401 e. The van der Waals surface area contributed by atoms with Crippen LogP contribution >= 0.6 is 0 Å². The molecule has 0 saturated carbocycles. The lowest BCUT2D eigenvalue weighted by molar-refractivity contribution is -0.149. The molecule has 1 heterocycles. The summed E-state index contributed by atoms with van der Waals surface area (Å²) in [6.45, 7) is 6.82. The third kappa shape index (κ3) is 5.97. The summed E-state index contributed by atoms with van der Waals surface area (Å²) < 4.78 is 37.1. The second-order valence-corrected chi connectivity index (χ2v) is 6.58. The van der Waals surface area contributed by atoms with Crippen molar-refractivity contribution in [3.8, 4) is 0 Å². The van der Waals surface area contributed by atoms with Gasteiger partial charge in [-0.05, 0) is 23.5 Å². The van der Waals surface area contributed by atoms with Crippen molar-refractivity contribution in [2.24, 2.45) is 5.92 Å². The Labute approximate surface area is 130 Å². The van der Waals surface area contributed by atoms with Crippen LogP contribution < -0.4 is 0 Å². The zero-order valence-electron chi connectivity index (χ0n) is 13.4. The molecule has 0 spiro atoms. The Morgan fingerprint density at radius 3 is 1.91 bits per heavy atom. The van der Waals surface area contributed by atoms with Crippen molar-refractivity contribution in [2.45, 2.75) is 33.0 Å². The zero-order valence-corrected chi connectivity index (χ0v) is 13.4. The molecule has 1 aromatic rings. The van der Waals surface area contributed by atoms with Crippen LogP contribution in [0.4, 0.5) is 13.2 Å². The summed E-state index contributed by atoms with van der Waals surface area (Å²) in [5.74, 6) is 0.646. The molecule has 22 heavy (non-hydrogen) atoms. The third-order valence-corrected chi connectivity index (χ3v) is 3.94. The third-order valence-electron chi connectivity index (χ3n) is 3.94. The van der Waals surface area contributed by atoms with Gasteiger partial charge in [-0.1, -0.05) is 38.1 Å². The molecule has 1 fully saturated rings. The van der Waals surface area contributed by atoms with Crippen LogP contribution in [0, 0.1) is 5.92 Å². The Kier molecular flexibility index (Phi) is 5.87. The van der Waals surface area contributed by atoms with Crippen LogP contribution in [0.3, 0.4) is 0 Å². The molecule has 1 aromatic carbocycles. The van der Waals surface area contributed by atoms with E-state index in [1.165, 1.54) is 16.0 Å². The highest BCUT2D eigenvalue weighted by Gasteiger charge is 2.32. The first kappa shape index (κ1) is 17.3. The van der Waals surface area contributed by atoms with E-state index in [1.807, 2.05) is 0 Å². The molecule has 0 bridgehead atoms. The van der Waals surface area contributed by atoms with Gasteiger partial charge in [0.1, 0.15) is 0 Å². The minimum absolute atomic E-state index is 0.491. The maximum Gasteiger partial charge on any atom is 0.401 e. The highest BCUT2D eigenvalue weighted by molar-refractivity contribution is 5.22. The van der Waals surface area contributed by atoms with Crippen molar-refractivity contribution < 1.29 is 13.2 Å². The molecule has 2 rings (SSSR count). The molecule has 0 atom stereocenters. The molecule has 0 aromatic heterocycles. The number of rotatable bonds is 5. The average molecular weight is 314 g/mol. The molecular formula is C17H25F3N2. The Balaban J connectivity index is 1.78.